The molecule has 0 saturated heterocycles. The highest BCUT2D eigenvalue weighted by Crippen LogP contribution is 2.26. The van der Waals surface area contributed by atoms with E-state index in [0.29, 0.717) is 61.0 Å². The standard InChI is InChI=1S/C20H19NO3.C20H21NO2.C18H17NO2.C12H9ClO.C8H11NO2.CH2Cl2.Al.3ClH/c1-3-24-20(23)18-12-17(13(2)21-18)19(22)11-15-9-6-8-14-7-4-5-10-16(14)15;1-3-23-20(22)19-13-17(14(2)21-19)12-11-16-9-6-8-15-7-4-5-10-18(15)16;1-12-15(11-17(19-12)18(20)21)10-9-14-7-4-6-13-5-2-3-8-16(13)14;13-12(14)8-10-6-3-5-9-4-1-2-7-11(9)10;1-3-11-8(10)7-5-4-6(2)9-7;2-1-3;;;;/h4-10,12,21H,3,11H2,1-2H3;4-10,13,21H,3,11-12H2,1-2H3;2-8,11,19H,9-10H2,1H3,(H,20,21);1-7H,8H2;4-5,9H,3H2,1-2H3;1H2;;3*1H/q;;;;;;+3;;;/p-3. The number of alkyl halides is 2. The third kappa shape index (κ3) is 24.9. The van der Waals surface area contributed by atoms with Crippen LogP contribution in [0, 0.1) is 27.7 Å². The van der Waals surface area contributed by atoms with Crippen LogP contribution < -0.4 is 0 Å². The lowest BCUT2D eigenvalue weighted by Crippen LogP contribution is -2.05. The third-order valence-corrected chi connectivity index (χ3v) is 15.8. The number of H-pyrrole nitrogens is 4. The number of rotatable bonds is 18. The number of Topliss-reactive ketones (excluding diaryl/α,β-unsaturated/α-hetero) is 1. The Morgan fingerprint density at radius 1 is 0.390 bits per heavy atom. The molecular weight excluding hydrogens is 1400 g/mol. The SMILES string of the molecule is CCOC(=O)c1cc(C(=O)Cc2cccc3ccccc23)c(C)[nH]1.CCOC(=O)c1cc(CCc2cccc3ccccc23)c(C)[nH]1.CCOC(=O)c1ccc(C)[nH]1.Cc1[nH]c(C(=O)O)cc1CCc1cccc2ccccc12.ClCCl.O=C(Cl)Cc1cccc2ccccc12.[Cl][Al]([Cl])[Cl]. The Morgan fingerprint density at radius 2 is 0.710 bits per heavy atom. The number of carboxylic acid groups (broad SMARTS) is 1. The van der Waals surface area contributed by atoms with Crippen molar-refractivity contribution in [3.05, 3.63) is 285 Å². The molecule has 0 atom stereocenters. The van der Waals surface area contributed by atoms with Gasteiger partial charge in [0.15, 0.2) is 5.78 Å². The topological polar surface area (TPSA) is 213 Å². The van der Waals surface area contributed by atoms with E-state index in [1.54, 1.807) is 39.0 Å². The lowest BCUT2D eigenvalue weighted by Gasteiger charge is -2.06. The maximum atomic E-state index is 12.7. The van der Waals surface area contributed by atoms with E-state index in [4.69, 9.17) is 84.3 Å². The van der Waals surface area contributed by atoms with Crippen molar-refractivity contribution in [2.24, 2.45) is 0 Å². The second kappa shape index (κ2) is 41.9. The summed E-state index contributed by atoms with van der Waals surface area (Å²) in [4.78, 5) is 81.0. The number of carboxylic acids is 1. The number of esters is 3. The molecule has 5 N–H and O–H groups in total. The highest BCUT2D eigenvalue weighted by atomic mass is 35.8. The number of ether oxygens (including phenoxy) is 3. The molecule has 12 rings (SSSR count). The zero-order valence-corrected chi connectivity index (χ0v) is 62.3. The van der Waals surface area contributed by atoms with Gasteiger partial charge in [-0.3, -0.25) is 9.59 Å². The smallest absolute Gasteiger partial charge is 0.477 e. The summed E-state index contributed by atoms with van der Waals surface area (Å²) in [7, 11) is 14.8. The summed E-state index contributed by atoms with van der Waals surface area (Å²) in [6, 6.07) is 66.2. The van der Waals surface area contributed by atoms with Gasteiger partial charge in [0.25, 0.3) is 0 Å². The maximum Gasteiger partial charge on any atom is 0.643 e. The number of fused-ring (bicyclic) bond motifs is 4. The van der Waals surface area contributed by atoms with Gasteiger partial charge in [-0.2, -0.15) is 0 Å². The Labute approximate surface area is 614 Å². The number of aryl methyl sites for hydroxylation is 8. The van der Waals surface area contributed by atoms with Gasteiger partial charge in [0, 0.05) is 41.2 Å². The van der Waals surface area contributed by atoms with Gasteiger partial charge in [0.1, 0.15) is 22.8 Å². The van der Waals surface area contributed by atoms with Crippen LogP contribution in [0.3, 0.4) is 0 Å². The normalized spacial score (nSPS) is 10.3. The van der Waals surface area contributed by atoms with Gasteiger partial charge in [0.2, 0.25) is 5.24 Å². The van der Waals surface area contributed by atoms with Gasteiger partial charge in [-0.05, 0) is 193 Å². The molecule has 4 heterocycles. The molecule has 21 heteroatoms. The monoisotopic (exact) mass is 1480 g/mol. The predicted octanol–water partition coefficient (Wildman–Crippen LogP) is 20.2. The quantitative estimate of drug-likeness (QED) is 0.0137. The molecule has 0 saturated carbocycles. The fourth-order valence-electron chi connectivity index (χ4n) is 11.0. The second-order valence-electron chi connectivity index (χ2n) is 22.4. The number of nitrogens with one attached hydrogen (secondary N) is 4. The van der Waals surface area contributed by atoms with Crippen molar-refractivity contribution < 1.29 is 48.1 Å². The molecule has 0 unspecified atom stereocenters. The molecule has 4 aromatic heterocycles. The highest BCUT2D eigenvalue weighted by Gasteiger charge is 2.19. The van der Waals surface area contributed by atoms with E-state index in [1.165, 1.54) is 38.2 Å². The van der Waals surface area contributed by atoms with Crippen molar-refractivity contribution in [2.45, 2.75) is 87.0 Å². The average molecular weight is 1480 g/mol. The molecule has 100 heavy (non-hydrogen) atoms. The number of benzene rings is 8. The second-order valence-corrected chi connectivity index (χ2v) is 30.1. The summed E-state index contributed by atoms with van der Waals surface area (Å²) in [6.07, 6.45) is 4.17. The van der Waals surface area contributed by atoms with Crippen LogP contribution >= 0.6 is 65.0 Å². The van der Waals surface area contributed by atoms with Crippen molar-refractivity contribution in [3.8, 4) is 0 Å². The molecule has 12 aromatic rings. The minimum Gasteiger partial charge on any atom is -0.477 e. The Hall–Kier alpha value is -8.59. The summed E-state index contributed by atoms with van der Waals surface area (Å²) < 4.78 is 14.8. The summed E-state index contributed by atoms with van der Waals surface area (Å²) in [5.41, 5.74) is 12.6. The van der Waals surface area contributed by atoms with Crippen molar-refractivity contribution in [1.29, 1.82) is 0 Å². The summed E-state index contributed by atoms with van der Waals surface area (Å²) in [6.45, 7) is 14.1. The fourth-order valence-corrected chi connectivity index (χ4v) is 11.2. The summed E-state index contributed by atoms with van der Waals surface area (Å²) in [5.74, 6) is -1.94. The van der Waals surface area contributed by atoms with Crippen molar-refractivity contribution in [3.63, 3.8) is 0 Å². The molecule has 14 nitrogen and oxygen atoms in total. The molecule has 0 spiro atoms. The molecular formula is C79H79AlCl6N4O10. The molecule has 0 bridgehead atoms. The van der Waals surface area contributed by atoms with Crippen LogP contribution in [0.5, 0.6) is 0 Å². The van der Waals surface area contributed by atoms with Crippen LogP contribution in [0.4, 0.5) is 0 Å². The van der Waals surface area contributed by atoms with Gasteiger partial charge in [-0.15, -0.1) is 23.2 Å². The first kappa shape index (κ1) is 80.4. The van der Waals surface area contributed by atoms with Crippen molar-refractivity contribution in [2.75, 3.05) is 25.2 Å². The zero-order chi connectivity index (χ0) is 72.7. The van der Waals surface area contributed by atoms with Crippen molar-refractivity contribution >= 4 is 154 Å². The number of carbonyl (C=O) groups is 6. The number of ketones is 1. The fraction of sp³-hybridized carbons (Fsp3) is 0.215. The number of hydrogen-bond acceptors (Lipinski definition) is 9. The van der Waals surface area contributed by atoms with Crippen LogP contribution in [0.15, 0.2) is 200 Å². The Morgan fingerprint density at radius 3 is 1.08 bits per heavy atom. The number of aromatic nitrogens is 4. The predicted molar refractivity (Wildman–Crippen MR) is 410 cm³/mol. The molecule has 0 amide bonds. The van der Waals surface area contributed by atoms with Crippen LogP contribution in [-0.4, -0.2) is 96.5 Å². The van der Waals surface area contributed by atoms with E-state index in [0.717, 1.165) is 81.0 Å². The van der Waals surface area contributed by atoms with E-state index >= 15 is 0 Å². The first-order valence-electron chi connectivity index (χ1n) is 32.2. The van der Waals surface area contributed by atoms with E-state index in [1.807, 2.05) is 131 Å². The molecule has 520 valence electrons. The summed E-state index contributed by atoms with van der Waals surface area (Å²) in [5, 5.41) is 18.4. The molecule has 0 aliphatic carbocycles. The maximum absolute atomic E-state index is 12.7. The molecule has 0 aliphatic heterocycles. The average Bonchev–Trinajstić information content (AvgIpc) is 1.12. The molecule has 8 aromatic carbocycles. The zero-order valence-electron chi connectivity index (χ0n) is 56.6. The Balaban J connectivity index is 0.000000196. The molecule has 0 fully saturated rings. The van der Waals surface area contributed by atoms with Gasteiger partial charge >= 0.3 is 35.3 Å². The van der Waals surface area contributed by atoms with Crippen molar-refractivity contribution in [1.82, 2.24) is 19.9 Å². The van der Waals surface area contributed by atoms with Gasteiger partial charge in [0.05, 0.1) is 25.2 Å². The number of aromatic amines is 4. The number of aromatic carboxylic acids is 1. The highest BCUT2D eigenvalue weighted by molar-refractivity contribution is 7.54. The first-order valence-corrected chi connectivity index (χ1v) is 38.9. The molecule has 0 radical (unpaired) electrons. The van der Waals surface area contributed by atoms with E-state index in [-0.39, 0.29) is 34.0 Å². The molecule has 0 aliphatic rings. The number of hydrogen-bond donors (Lipinski definition) is 5. The summed E-state index contributed by atoms with van der Waals surface area (Å²) >= 11 is 13.2. The largest absolute Gasteiger partial charge is 0.643 e. The van der Waals surface area contributed by atoms with E-state index < -0.39 is 23.3 Å². The minimum absolute atomic E-state index is 0.0179. The first-order chi connectivity index (χ1) is 48.1. The van der Waals surface area contributed by atoms with Gasteiger partial charge in [-0.1, -0.05) is 170 Å². The van der Waals surface area contributed by atoms with Crippen LogP contribution in [0.2, 0.25) is 0 Å². The number of halogens is 6. The van der Waals surface area contributed by atoms with Crippen LogP contribution in [0.1, 0.15) is 129 Å². The lowest BCUT2D eigenvalue weighted by atomic mass is 9.98. The van der Waals surface area contributed by atoms with Gasteiger partial charge in [-0.25, -0.2) is 49.3 Å². The van der Waals surface area contributed by atoms with Crippen LogP contribution in [-0.2, 0) is 57.5 Å². The lowest BCUT2D eigenvalue weighted by molar-refractivity contribution is -0.111. The van der Waals surface area contributed by atoms with Gasteiger partial charge < -0.3 is 39.3 Å². The number of carbonyl (C=O) groups excluding carboxylic acids is 5. The minimum atomic E-state index is -1.72. The van der Waals surface area contributed by atoms with Crippen LogP contribution in [0.25, 0.3) is 43.1 Å². The Bertz CT molecular complexity index is 4650. The third-order valence-electron chi connectivity index (χ3n) is 15.6. The van der Waals surface area contributed by atoms with E-state index in [9.17, 15) is 28.8 Å². The van der Waals surface area contributed by atoms with E-state index in [2.05, 4.69) is 98.8 Å². The Kier molecular flexibility index (Phi) is 33.6.